The molecule has 0 saturated heterocycles. The molecule has 1 aliphatic rings. The van der Waals surface area contributed by atoms with Crippen LogP contribution in [0.1, 0.15) is 51.5 Å². The van der Waals surface area contributed by atoms with Crippen molar-refractivity contribution < 1.29 is 42.9 Å². The maximum atomic E-state index is 13.5. The SMILES string of the molecule is NC(=O)c1cc2cc(Cl)ccc2cc1OCC(=O)c1cn(CC[C@H](COP(O)O)OP(O)O)c2cc(C3CC3)ccc12. The number of aryl methyl sites for hydroxylation is 1. The van der Waals surface area contributed by atoms with Gasteiger partial charge in [-0.25, -0.2) is 0 Å². The van der Waals surface area contributed by atoms with Gasteiger partial charge in [0.15, 0.2) is 6.61 Å². The molecule has 0 aliphatic heterocycles. The number of benzene rings is 3. The largest absolute Gasteiger partial charge is 0.485 e. The molecule has 1 fully saturated rings. The molecular formula is C28H29ClN2O9P2. The number of carbonyl (C=O) groups excluding carboxylic acids is 2. The molecule has 222 valence electrons. The number of nitrogens with two attached hydrogens (primary N) is 1. The van der Waals surface area contributed by atoms with Crippen LogP contribution in [0.4, 0.5) is 0 Å². The Balaban J connectivity index is 1.40. The minimum atomic E-state index is -2.70. The molecule has 14 heteroatoms. The van der Waals surface area contributed by atoms with Crippen LogP contribution in [0, 0.1) is 0 Å². The molecule has 11 nitrogen and oxygen atoms in total. The topological polar surface area (TPSA) is 174 Å². The normalized spacial score (nSPS) is 14.3. The van der Waals surface area contributed by atoms with Gasteiger partial charge < -0.3 is 43.7 Å². The Kier molecular flexibility index (Phi) is 9.74. The smallest absolute Gasteiger partial charge is 0.327 e. The van der Waals surface area contributed by atoms with Gasteiger partial charge in [0.1, 0.15) is 5.75 Å². The molecule has 1 aliphatic carbocycles. The molecule has 5 rings (SSSR count). The van der Waals surface area contributed by atoms with Gasteiger partial charge in [0.05, 0.1) is 18.3 Å². The molecule has 1 aromatic heterocycles. The number of rotatable bonds is 14. The van der Waals surface area contributed by atoms with E-state index >= 15 is 0 Å². The zero-order valence-corrected chi connectivity index (χ0v) is 24.8. The Morgan fingerprint density at radius 1 is 1.00 bits per heavy atom. The lowest BCUT2D eigenvalue weighted by Crippen LogP contribution is -2.19. The fourth-order valence-electron chi connectivity index (χ4n) is 4.90. The lowest BCUT2D eigenvalue weighted by atomic mass is 10.0. The highest BCUT2D eigenvalue weighted by molar-refractivity contribution is 7.39. The van der Waals surface area contributed by atoms with Crippen LogP contribution >= 0.6 is 28.8 Å². The van der Waals surface area contributed by atoms with E-state index in [9.17, 15) is 19.4 Å². The van der Waals surface area contributed by atoms with E-state index in [0.29, 0.717) is 33.8 Å². The molecule has 3 aromatic carbocycles. The highest BCUT2D eigenvalue weighted by Crippen LogP contribution is 2.41. The first-order chi connectivity index (χ1) is 20.1. The second-order valence-electron chi connectivity index (χ2n) is 10.0. The average molecular weight is 635 g/mol. The molecule has 1 amide bonds. The van der Waals surface area contributed by atoms with Crippen LogP contribution in [0.2, 0.25) is 5.02 Å². The van der Waals surface area contributed by atoms with E-state index in [0.717, 1.165) is 29.3 Å². The summed E-state index contributed by atoms with van der Waals surface area (Å²) in [5.74, 6) is -0.363. The van der Waals surface area contributed by atoms with Crippen LogP contribution < -0.4 is 10.5 Å². The number of ketones is 1. The molecule has 42 heavy (non-hydrogen) atoms. The first kappa shape index (κ1) is 30.8. The molecule has 1 saturated carbocycles. The van der Waals surface area contributed by atoms with Crippen molar-refractivity contribution in [3.05, 3.63) is 76.4 Å². The summed E-state index contributed by atoms with van der Waals surface area (Å²) in [6.07, 6.45) is 3.29. The second-order valence-corrected chi connectivity index (χ2v) is 11.9. The minimum Gasteiger partial charge on any atom is -0.485 e. The van der Waals surface area contributed by atoms with Gasteiger partial charge in [0.2, 0.25) is 5.78 Å². The van der Waals surface area contributed by atoms with Crippen LogP contribution in [-0.4, -0.2) is 55.1 Å². The zero-order valence-electron chi connectivity index (χ0n) is 22.2. The predicted molar refractivity (Wildman–Crippen MR) is 159 cm³/mol. The number of aromatic nitrogens is 1. The third-order valence-corrected chi connectivity index (χ3v) is 8.19. The number of hydrogen-bond donors (Lipinski definition) is 5. The molecule has 0 spiro atoms. The summed E-state index contributed by atoms with van der Waals surface area (Å²) in [6, 6.07) is 14.4. The molecule has 6 N–H and O–H groups in total. The van der Waals surface area contributed by atoms with Gasteiger partial charge >= 0.3 is 17.2 Å². The summed E-state index contributed by atoms with van der Waals surface area (Å²) in [5.41, 5.74) is 8.11. The van der Waals surface area contributed by atoms with E-state index < -0.39 is 29.2 Å². The number of amides is 1. The minimum absolute atomic E-state index is 0.129. The van der Waals surface area contributed by atoms with Crippen molar-refractivity contribution in [2.24, 2.45) is 5.73 Å². The maximum Gasteiger partial charge on any atom is 0.327 e. The Labute approximate surface area is 248 Å². The van der Waals surface area contributed by atoms with E-state index in [-0.39, 0.29) is 36.7 Å². The number of carbonyl (C=O) groups is 2. The van der Waals surface area contributed by atoms with Gasteiger partial charge in [-0.1, -0.05) is 29.8 Å². The highest BCUT2D eigenvalue weighted by atomic mass is 35.5. The van der Waals surface area contributed by atoms with Crippen LogP contribution in [0.25, 0.3) is 21.7 Å². The molecule has 0 radical (unpaired) electrons. The number of Topliss-reactive ketones (excluding diaryl/α,β-unsaturated/α-hetero) is 1. The number of hydrogen-bond acceptors (Lipinski definition) is 9. The number of primary amides is 1. The van der Waals surface area contributed by atoms with Gasteiger partial charge in [-0.15, -0.1) is 0 Å². The molecule has 0 unspecified atom stereocenters. The first-order valence-corrected chi connectivity index (χ1v) is 15.8. The van der Waals surface area contributed by atoms with Gasteiger partial charge in [0.25, 0.3) is 5.91 Å². The Morgan fingerprint density at radius 2 is 1.79 bits per heavy atom. The number of halogens is 1. The zero-order chi connectivity index (χ0) is 30.0. The lowest BCUT2D eigenvalue weighted by molar-refractivity contribution is 0.0912. The average Bonchev–Trinajstić information content (AvgIpc) is 3.73. The van der Waals surface area contributed by atoms with Crippen molar-refractivity contribution in [3.8, 4) is 5.75 Å². The van der Waals surface area contributed by atoms with E-state index in [1.165, 1.54) is 0 Å². The summed E-state index contributed by atoms with van der Waals surface area (Å²) in [5, 5.41) is 2.70. The summed E-state index contributed by atoms with van der Waals surface area (Å²) >= 11 is 6.08. The summed E-state index contributed by atoms with van der Waals surface area (Å²) in [7, 11) is -5.34. The maximum absolute atomic E-state index is 13.5. The monoisotopic (exact) mass is 634 g/mol. The van der Waals surface area contributed by atoms with Crippen molar-refractivity contribution in [2.75, 3.05) is 13.2 Å². The molecular weight excluding hydrogens is 606 g/mol. The van der Waals surface area contributed by atoms with Crippen molar-refractivity contribution in [1.29, 1.82) is 0 Å². The van der Waals surface area contributed by atoms with Gasteiger partial charge in [-0.05, 0) is 71.8 Å². The van der Waals surface area contributed by atoms with Gasteiger partial charge in [-0.3, -0.25) is 9.59 Å². The number of nitrogens with zero attached hydrogens (tertiary/aromatic N) is 1. The third kappa shape index (κ3) is 7.44. The Hall–Kier alpha value is -2.69. The van der Waals surface area contributed by atoms with Crippen LogP contribution in [-0.2, 0) is 15.6 Å². The molecule has 0 bridgehead atoms. The lowest BCUT2D eigenvalue weighted by Gasteiger charge is -2.18. The highest BCUT2D eigenvalue weighted by Gasteiger charge is 2.26. The molecule has 4 aromatic rings. The van der Waals surface area contributed by atoms with E-state index in [1.54, 1.807) is 36.5 Å². The summed E-state index contributed by atoms with van der Waals surface area (Å²) in [4.78, 5) is 62.5. The second kappa shape index (κ2) is 13.3. The van der Waals surface area contributed by atoms with E-state index in [2.05, 4.69) is 0 Å². The van der Waals surface area contributed by atoms with Crippen molar-refractivity contribution in [1.82, 2.24) is 4.57 Å². The van der Waals surface area contributed by atoms with Crippen LogP contribution in [0.5, 0.6) is 5.75 Å². The quantitative estimate of drug-likeness (QED) is 0.0955. The Bertz CT molecular complexity index is 1620. The molecule has 1 heterocycles. The summed E-state index contributed by atoms with van der Waals surface area (Å²) in [6.45, 7) is -0.299. The number of fused-ring (bicyclic) bond motifs is 2. The van der Waals surface area contributed by atoms with E-state index in [4.69, 9.17) is 40.9 Å². The first-order valence-electron chi connectivity index (χ1n) is 13.1. The van der Waals surface area contributed by atoms with Crippen molar-refractivity contribution in [2.45, 2.75) is 37.8 Å². The van der Waals surface area contributed by atoms with E-state index in [1.807, 2.05) is 22.8 Å². The van der Waals surface area contributed by atoms with Crippen molar-refractivity contribution >= 4 is 62.2 Å². The standard InChI is InChI=1S/C28H29ClN2O9P2/c29-20-5-3-18-12-27(23(28(30)33)10-19(18)9-20)38-15-26(32)24-13-31(8-7-21(40-42(36)37)14-39-41(34)35)25-11-17(16-1-2-16)4-6-22(24)25/h3-6,9-13,16,21,34-37H,1-2,7-8,14-15H2,(H2,30,33)/t21-/m1/s1. The Morgan fingerprint density at radius 3 is 2.48 bits per heavy atom. The third-order valence-electron chi connectivity index (χ3n) is 7.09. The predicted octanol–water partition coefficient (Wildman–Crippen LogP) is 4.90. The number of ether oxygens (including phenoxy) is 1. The summed E-state index contributed by atoms with van der Waals surface area (Å²) < 4.78 is 17.7. The fourth-order valence-corrected chi connectivity index (χ4v) is 5.81. The molecule has 1 atom stereocenters. The van der Waals surface area contributed by atoms with Gasteiger partial charge in [-0.2, -0.15) is 0 Å². The van der Waals surface area contributed by atoms with Crippen molar-refractivity contribution in [3.63, 3.8) is 0 Å². The van der Waals surface area contributed by atoms with Crippen LogP contribution in [0.15, 0.2) is 54.7 Å². The van der Waals surface area contributed by atoms with Gasteiger partial charge in [0, 0.05) is 34.2 Å². The van der Waals surface area contributed by atoms with Crippen LogP contribution in [0.3, 0.4) is 0 Å². The fraction of sp³-hybridized carbons (Fsp3) is 0.286.